The summed E-state index contributed by atoms with van der Waals surface area (Å²) in [6, 6.07) is 5.79. The number of aliphatic hydroxyl groups excluding tert-OH is 1. The summed E-state index contributed by atoms with van der Waals surface area (Å²) in [4.78, 5) is 0. The average molecular weight is 261 g/mol. The van der Waals surface area contributed by atoms with Crippen molar-refractivity contribution >= 4 is 33.0 Å². The Bertz CT molecular complexity index is 452. The molecule has 0 aliphatic heterocycles. The van der Waals surface area contributed by atoms with Crippen LogP contribution >= 0.6 is 27.5 Å². The van der Waals surface area contributed by atoms with Crippen LogP contribution in [0.25, 0.3) is 5.52 Å². The predicted molar refractivity (Wildman–Crippen MR) is 56.0 cm³/mol. The quantitative estimate of drug-likeness (QED) is 0.838. The van der Waals surface area contributed by atoms with E-state index in [4.69, 9.17) is 16.7 Å². The first-order chi connectivity index (χ1) is 6.24. The van der Waals surface area contributed by atoms with E-state index in [-0.39, 0.29) is 6.61 Å². The highest BCUT2D eigenvalue weighted by molar-refractivity contribution is 9.10. The van der Waals surface area contributed by atoms with E-state index in [2.05, 4.69) is 15.9 Å². The Morgan fingerprint density at radius 2 is 2.31 bits per heavy atom. The van der Waals surface area contributed by atoms with Gasteiger partial charge in [0.2, 0.25) is 0 Å². The smallest absolute Gasteiger partial charge is 0.0852 e. The molecule has 2 heterocycles. The number of aromatic nitrogens is 1. The zero-order valence-corrected chi connectivity index (χ0v) is 9.01. The predicted octanol–water partition coefficient (Wildman–Crippen LogP) is 2.85. The second kappa shape index (κ2) is 3.33. The standard InChI is InChI=1S/C9H7BrClNO/c10-7-4-6-2-1-3-12(6)8(5-13)9(7)11/h1-4,13H,5H2. The van der Waals surface area contributed by atoms with Gasteiger partial charge in [0.25, 0.3) is 0 Å². The van der Waals surface area contributed by atoms with Crippen LogP contribution in [0.2, 0.25) is 5.02 Å². The maximum atomic E-state index is 9.13. The third-order valence-corrected chi connectivity index (χ3v) is 3.23. The van der Waals surface area contributed by atoms with Gasteiger partial charge in [0.15, 0.2) is 0 Å². The average Bonchev–Trinajstić information content (AvgIpc) is 2.54. The van der Waals surface area contributed by atoms with Crippen molar-refractivity contribution in [3.8, 4) is 0 Å². The van der Waals surface area contributed by atoms with Crippen LogP contribution in [0.4, 0.5) is 0 Å². The van der Waals surface area contributed by atoms with E-state index in [0.717, 1.165) is 9.99 Å². The molecule has 68 valence electrons. The van der Waals surface area contributed by atoms with E-state index in [1.165, 1.54) is 0 Å². The number of aliphatic hydroxyl groups is 1. The molecule has 0 fully saturated rings. The van der Waals surface area contributed by atoms with Crippen molar-refractivity contribution in [2.24, 2.45) is 0 Å². The van der Waals surface area contributed by atoms with Crippen molar-refractivity contribution in [1.29, 1.82) is 0 Å². The van der Waals surface area contributed by atoms with E-state index < -0.39 is 0 Å². The normalized spacial score (nSPS) is 11.0. The summed E-state index contributed by atoms with van der Waals surface area (Å²) >= 11 is 9.34. The summed E-state index contributed by atoms with van der Waals surface area (Å²) in [7, 11) is 0. The van der Waals surface area contributed by atoms with Crippen molar-refractivity contribution in [2.75, 3.05) is 0 Å². The maximum absolute atomic E-state index is 9.13. The van der Waals surface area contributed by atoms with Gasteiger partial charge in [-0.2, -0.15) is 0 Å². The Morgan fingerprint density at radius 1 is 1.54 bits per heavy atom. The minimum absolute atomic E-state index is 0.0660. The Kier molecular flexibility index (Phi) is 2.32. The van der Waals surface area contributed by atoms with Gasteiger partial charge in [-0.3, -0.25) is 0 Å². The van der Waals surface area contributed by atoms with Crippen LogP contribution in [0.1, 0.15) is 5.69 Å². The van der Waals surface area contributed by atoms with Crippen molar-refractivity contribution in [3.05, 3.63) is 39.6 Å². The van der Waals surface area contributed by atoms with E-state index in [1.807, 2.05) is 28.8 Å². The molecule has 2 aromatic rings. The molecule has 2 nitrogen and oxygen atoms in total. The van der Waals surface area contributed by atoms with Gasteiger partial charge in [0.1, 0.15) is 0 Å². The zero-order valence-electron chi connectivity index (χ0n) is 6.67. The maximum Gasteiger partial charge on any atom is 0.0852 e. The molecule has 13 heavy (non-hydrogen) atoms. The Hall–Kier alpha value is -0.510. The van der Waals surface area contributed by atoms with Gasteiger partial charge >= 0.3 is 0 Å². The Morgan fingerprint density at radius 3 is 3.00 bits per heavy atom. The number of hydrogen-bond donors (Lipinski definition) is 1. The van der Waals surface area contributed by atoms with Gasteiger partial charge in [0, 0.05) is 16.2 Å². The first kappa shape index (κ1) is 9.06. The van der Waals surface area contributed by atoms with Crippen LogP contribution in [0.3, 0.4) is 0 Å². The van der Waals surface area contributed by atoms with Crippen LogP contribution in [0.5, 0.6) is 0 Å². The van der Waals surface area contributed by atoms with Crippen LogP contribution in [-0.4, -0.2) is 9.51 Å². The van der Waals surface area contributed by atoms with E-state index in [9.17, 15) is 0 Å². The summed E-state index contributed by atoms with van der Waals surface area (Å²) in [5.41, 5.74) is 1.72. The van der Waals surface area contributed by atoms with Gasteiger partial charge < -0.3 is 9.51 Å². The lowest BCUT2D eigenvalue weighted by atomic mass is 10.3. The molecule has 0 spiro atoms. The molecular weight excluding hydrogens is 253 g/mol. The summed E-state index contributed by atoms with van der Waals surface area (Å²) in [6.07, 6.45) is 1.87. The zero-order chi connectivity index (χ0) is 9.42. The molecule has 0 aromatic carbocycles. The molecule has 0 atom stereocenters. The topological polar surface area (TPSA) is 24.6 Å². The van der Waals surface area contributed by atoms with Gasteiger partial charge in [-0.15, -0.1) is 0 Å². The summed E-state index contributed by atoms with van der Waals surface area (Å²) in [5.74, 6) is 0. The molecular formula is C9H7BrClNO. The lowest BCUT2D eigenvalue weighted by Gasteiger charge is -2.07. The molecule has 0 aliphatic carbocycles. The number of nitrogens with zero attached hydrogens (tertiary/aromatic N) is 1. The highest BCUT2D eigenvalue weighted by Crippen LogP contribution is 2.28. The molecule has 1 N–H and O–H groups in total. The number of halogens is 2. The molecule has 0 radical (unpaired) electrons. The van der Waals surface area contributed by atoms with Crippen LogP contribution in [0.15, 0.2) is 28.9 Å². The molecule has 0 saturated heterocycles. The molecule has 0 aliphatic rings. The monoisotopic (exact) mass is 259 g/mol. The SMILES string of the molecule is OCc1c(Cl)c(Br)cc2cccn12. The third kappa shape index (κ3) is 1.37. The molecule has 2 aromatic heterocycles. The van der Waals surface area contributed by atoms with Crippen LogP contribution < -0.4 is 0 Å². The number of hydrogen-bond acceptors (Lipinski definition) is 1. The first-order valence-corrected chi connectivity index (χ1v) is 4.96. The van der Waals surface area contributed by atoms with Gasteiger partial charge in [-0.25, -0.2) is 0 Å². The van der Waals surface area contributed by atoms with Gasteiger partial charge in [-0.05, 0) is 34.1 Å². The van der Waals surface area contributed by atoms with Gasteiger partial charge in [0.05, 0.1) is 17.3 Å². The summed E-state index contributed by atoms with van der Waals surface area (Å²) < 4.78 is 2.68. The lowest BCUT2D eigenvalue weighted by molar-refractivity contribution is 0.275. The summed E-state index contributed by atoms with van der Waals surface area (Å²) in [5, 5.41) is 9.69. The highest BCUT2D eigenvalue weighted by Gasteiger charge is 2.08. The molecule has 2 rings (SSSR count). The Labute approximate surface area is 88.9 Å². The third-order valence-electron chi connectivity index (χ3n) is 1.96. The second-order valence-electron chi connectivity index (χ2n) is 2.71. The van der Waals surface area contributed by atoms with Crippen molar-refractivity contribution in [2.45, 2.75) is 6.61 Å². The minimum atomic E-state index is -0.0660. The second-order valence-corrected chi connectivity index (χ2v) is 3.95. The van der Waals surface area contributed by atoms with E-state index >= 15 is 0 Å². The number of fused-ring (bicyclic) bond motifs is 1. The van der Waals surface area contributed by atoms with Crippen molar-refractivity contribution in [1.82, 2.24) is 4.40 Å². The fourth-order valence-corrected chi connectivity index (χ4v) is 2.01. The minimum Gasteiger partial charge on any atom is -0.390 e. The number of rotatable bonds is 1. The van der Waals surface area contributed by atoms with E-state index in [1.54, 1.807) is 0 Å². The largest absolute Gasteiger partial charge is 0.390 e. The summed E-state index contributed by atoms with van der Waals surface area (Å²) in [6.45, 7) is -0.0660. The van der Waals surface area contributed by atoms with Crippen molar-refractivity contribution in [3.63, 3.8) is 0 Å². The highest BCUT2D eigenvalue weighted by atomic mass is 79.9. The first-order valence-electron chi connectivity index (χ1n) is 3.79. The number of pyridine rings is 1. The molecule has 0 saturated carbocycles. The molecule has 0 unspecified atom stereocenters. The van der Waals surface area contributed by atoms with Crippen LogP contribution in [0, 0.1) is 0 Å². The fraction of sp³-hybridized carbons (Fsp3) is 0.111. The fourth-order valence-electron chi connectivity index (χ4n) is 1.34. The van der Waals surface area contributed by atoms with Crippen LogP contribution in [-0.2, 0) is 6.61 Å². The lowest BCUT2D eigenvalue weighted by Crippen LogP contribution is -1.96. The van der Waals surface area contributed by atoms with Gasteiger partial charge in [-0.1, -0.05) is 11.6 Å². The molecule has 0 amide bonds. The molecule has 4 heteroatoms. The van der Waals surface area contributed by atoms with Crippen molar-refractivity contribution < 1.29 is 5.11 Å². The van der Waals surface area contributed by atoms with E-state index in [0.29, 0.717) is 10.7 Å². The Balaban J connectivity index is 2.87. The molecule has 0 bridgehead atoms.